The Bertz CT molecular complexity index is 593. The fourth-order valence-electron chi connectivity index (χ4n) is 3.51. The van der Waals surface area contributed by atoms with Crippen molar-refractivity contribution >= 4 is 10.0 Å². The van der Waals surface area contributed by atoms with Crippen LogP contribution < -0.4 is 0 Å². The second-order valence-corrected chi connectivity index (χ2v) is 8.23. The van der Waals surface area contributed by atoms with Crippen molar-refractivity contribution in [3.05, 3.63) is 18.2 Å². The fourth-order valence-corrected chi connectivity index (χ4v) is 5.60. The van der Waals surface area contributed by atoms with E-state index in [2.05, 4.69) is 16.5 Å². The van der Waals surface area contributed by atoms with Crippen LogP contribution in [0.2, 0.25) is 0 Å². The van der Waals surface area contributed by atoms with Gasteiger partial charge in [0.05, 0.1) is 12.4 Å². The molecule has 22 heavy (non-hydrogen) atoms. The third-order valence-electron chi connectivity index (χ3n) is 4.68. The van der Waals surface area contributed by atoms with Gasteiger partial charge in [-0.2, -0.15) is 4.31 Å². The highest BCUT2D eigenvalue weighted by Crippen LogP contribution is 2.26. The quantitative estimate of drug-likeness (QED) is 0.789. The summed E-state index contributed by atoms with van der Waals surface area (Å²) in [6.45, 7) is 4.71. The topological polar surface area (TPSA) is 64.4 Å². The molecule has 2 aliphatic heterocycles. The third kappa shape index (κ3) is 3.36. The van der Waals surface area contributed by atoms with E-state index in [1.807, 2.05) is 6.20 Å². The average molecular weight is 327 g/mol. The minimum Gasteiger partial charge on any atom is -0.381 e. The Labute approximate surface area is 132 Å². The van der Waals surface area contributed by atoms with Gasteiger partial charge in [-0.15, -0.1) is 0 Å². The largest absolute Gasteiger partial charge is 0.381 e. The molecule has 1 aromatic rings. The molecule has 3 rings (SSSR count). The first kappa shape index (κ1) is 16.0. The summed E-state index contributed by atoms with van der Waals surface area (Å²) in [5, 5.41) is 0. The molecular weight excluding hydrogens is 302 g/mol. The van der Waals surface area contributed by atoms with Gasteiger partial charge < -0.3 is 9.30 Å². The van der Waals surface area contributed by atoms with Gasteiger partial charge in [0.15, 0.2) is 0 Å². The molecule has 0 spiro atoms. The molecule has 1 aromatic heterocycles. The third-order valence-corrected chi connectivity index (χ3v) is 6.76. The van der Waals surface area contributed by atoms with Crippen LogP contribution in [0.1, 0.15) is 32.0 Å². The molecule has 0 aliphatic carbocycles. The Morgan fingerprint density at radius 3 is 3.00 bits per heavy atom. The molecule has 2 aliphatic rings. The average Bonchev–Trinajstić information content (AvgIpc) is 3.19. The van der Waals surface area contributed by atoms with E-state index in [1.165, 1.54) is 0 Å². The van der Waals surface area contributed by atoms with Crippen molar-refractivity contribution in [3.63, 3.8) is 0 Å². The van der Waals surface area contributed by atoms with Crippen LogP contribution in [-0.2, 0) is 27.7 Å². The maximum atomic E-state index is 12.7. The van der Waals surface area contributed by atoms with Crippen LogP contribution in [0.15, 0.2) is 12.4 Å². The maximum absolute atomic E-state index is 12.7. The van der Waals surface area contributed by atoms with Gasteiger partial charge in [-0.1, -0.05) is 6.92 Å². The minimum atomic E-state index is -3.20. The molecule has 6 nitrogen and oxygen atoms in total. The Kier molecular flexibility index (Phi) is 4.84. The van der Waals surface area contributed by atoms with Gasteiger partial charge in [0, 0.05) is 44.6 Å². The maximum Gasteiger partial charge on any atom is 0.214 e. The summed E-state index contributed by atoms with van der Waals surface area (Å²) >= 11 is 0. The van der Waals surface area contributed by atoms with Crippen molar-refractivity contribution in [2.45, 2.75) is 45.2 Å². The van der Waals surface area contributed by atoms with Gasteiger partial charge in [0.25, 0.3) is 0 Å². The zero-order chi connectivity index (χ0) is 15.6. The number of ether oxygens (including phenoxy) is 1. The Morgan fingerprint density at radius 2 is 2.27 bits per heavy atom. The number of imidazole rings is 1. The minimum absolute atomic E-state index is 0.0619. The number of sulfonamides is 1. The summed E-state index contributed by atoms with van der Waals surface area (Å²) in [7, 11) is -3.20. The van der Waals surface area contributed by atoms with Gasteiger partial charge in [0.1, 0.15) is 5.82 Å². The Morgan fingerprint density at radius 1 is 1.41 bits per heavy atom. The van der Waals surface area contributed by atoms with Gasteiger partial charge in [0.2, 0.25) is 10.0 Å². The molecule has 0 bridgehead atoms. The first-order valence-corrected chi connectivity index (χ1v) is 9.78. The molecule has 2 atom stereocenters. The molecule has 0 N–H and O–H groups in total. The standard InChI is InChI=1S/C15H25N3O3S/c1-2-15-16-6-8-17(15)10-14-4-3-7-18(14)22(19,20)12-13-5-9-21-11-13/h6,8,13-14H,2-5,7,9-12H2,1H3. The molecule has 124 valence electrons. The van der Waals surface area contributed by atoms with E-state index < -0.39 is 10.0 Å². The number of aryl methyl sites for hydroxylation is 1. The molecule has 0 saturated carbocycles. The lowest BCUT2D eigenvalue weighted by molar-refractivity contribution is 0.188. The van der Waals surface area contributed by atoms with E-state index in [9.17, 15) is 8.42 Å². The lowest BCUT2D eigenvalue weighted by Gasteiger charge is -2.26. The predicted octanol–water partition coefficient (Wildman–Crippen LogP) is 1.28. The van der Waals surface area contributed by atoms with Crippen LogP contribution in [0.5, 0.6) is 0 Å². The van der Waals surface area contributed by atoms with Crippen molar-refractivity contribution in [2.24, 2.45) is 5.92 Å². The summed E-state index contributed by atoms with van der Waals surface area (Å²) in [4.78, 5) is 4.33. The first-order chi connectivity index (χ1) is 10.6. The van der Waals surface area contributed by atoms with Gasteiger partial charge in [-0.05, 0) is 25.2 Å². The summed E-state index contributed by atoms with van der Waals surface area (Å²) in [5.41, 5.74) is 0. The van der Waals surface area contributed by atoms with E-state index in [0.29, 0.717) is 26.3 Å². The van der Waals surface area contributed by atoms with Crippen LogP contribution in [-0.4, -0.2) is 53.8 Å². The van der Waals surface area contributed by atoms with Crippen LogP contribution in [0, 0.1) is 5.92 Å². The van der Waals surface area contributed by atoms with Crippen molar-refractivity contribution < 1.29 is 13.2 Å². The lowest BCUT2D eigenvalue weighted by Crippen LogP contribution is -2.41. The van der Waals surface area contributed by atoms with Crippen molar-refractivity contribution in [3.8, 4) is 0 Å². The SMILES string of the molecule is CCc1nccn1CC1CCCN1S(=O)(=O)CC1CCOC1. The van der Waals surface area contributed by atoms with Gasteiger partial charge in [-0.25, -0.2) is 13.4 Å². The molecule has 0 amide bonds. The van der Waals surface area contributed by atoms with E-state index in [1.54, 1.807) is 10.5 Å². The molecule has 2 unspecified atom stereocenters. The number of rotatable bonds is 6. The van der Waals surface area contributed by atoms with Crippen LogP contribution in [0.3, 0.4) is 0 Å². The molecule has 3 heterocycles. The number of aromatic nitrogens is 2. The first-order valence-electron chi connectivity index (χ1n) is 8.17. The fraction of sp³-hybridized carbons (Fsp3) is 0.800. The Balaban J connectivity index is 1.69. The van der Waals surface area contributed by atoms with Gasteiger partial charge in [-0.3, -0.25) is 0 Å². The van der Waals surface area contributed by atoms with Crippen molar-refractivity contribution in [2.75, 3.05) is 25.5 Å². The molecule has 2 fully saturated rings. The Hall–Kier alpha value is -0.920. The zero-order valence-electron chi connectivity index (χ0n) is 13.1. The predicted molar refractivity (Wildman–Crippen MR) is 84.0 cm³/mol. The summed E-state index contributed by atoms with van der Waals surface area (Å²) in [6, 6.07) is 0.0619. The number of hydrogen-bond acceptors (Lipinski definition) is 4. The second kappa shape index (κ2) is 6.68. The van der Waals surface area contributed by atoms with Crippen molar-refractivity contribution in [1.82, 2.24) is 13.9 Å². The van der Waals surface area contributed by atoms with E-state index >= 15 is 0 Å². The number of nitrogens with zero attached hydrogens (tertiary/aromatic N) is 3. The second-order valence-electron chi connectivity index (χ2n) is 6.26. The highest BCUT2D eigenvalue weighted by molar-refractivity contribution is 7.89. The zero-order valence-corrected chi connectivity index (χ0v) is 14.0. The molecular formula is C15H25N3O3S. The normalized spacial score (nSPS) is 26.8. The molecule has 0 aromatic carbocycles. The smallest absolute Gasteiger partial charge is 0.214 e. The summed E-state index contributed by atoms with van der Waals surface area (Å²) < 4.78 is 34.6. The summed E-state index contributed by atoms with van der Waals surface area (Å²) in [6.07, 6.45) is 7.35. The van der Waals surface area contributed by atoms with Crippen molar-refractivity contribution in [1.29, 1.82) is 0 Å². The van der Waals surface area contributed by atoms with E-state index in [-0.39, 0.29) is 17.7 Å². The van der Waals surface area contributed by atoms with E-state index in [0.717, 1.165) is 31.5 Å². The summed E-state index contributed by atoms with van der Waals surface area (Å²) in [5.74, 6) is 1.41. The van der Waals surface area contributed by atoms with Crippen LogP contribution in [0.4, 0.5) is 0 Å². The van der Waals surface area contributed by atoms with Crippen LogP contribution in [0.25, 0.3) is 0 Å². The molecule has 2 saturated heterocycles. The van der Waals surface area contributed by atoms with Crippen LogP contribution >= 0.6 is 0 Å². The monoisotopic (exact) mass is 327 g/mol. The van der Waals surface area contributed by atoms with E-state index in [4.69, 9.17) is 4.74 Å². The van der Waals surface area contributed by atoms with Gasteiger partial charge >= 0.3 is 0 Å². The highest BCUT2D eigenvalue weighted by Gasteiger charge is 2.36. The molecule has 7 heteroatoms. The number of hydrogen-bond donors (Lipinski definition) is 0. The highest BCUT2D eigenvalue weighted by atomic mass is 32.2. The molecule has 0 radical (unpaired) electrons. The lowest BCUT2D eigenvalue weighted by atomic mass is 10.2.